The molecule has 2 aromatic carbocycles. The van der Waals surface area contributed by atoms with Gasteiger partial charge in [0.1, 0.15) is 0 Å². The van der Waals surface area contributed by atoms with E-state index in [1.807, 2.05) is 35.2 Å². The van der Waals surface area contributed by atoms with Crippen molar-refractivity contribution in [2.75, 3.05) is 25.5 Å². The van der Waals surface area contributed by atoms with Crippen LogP contribution in [0.2, 0.25) is 0 Å². The van der Waals surface area contributed by atoms with Gasteiger partial charge in [-0.2, -0.15) is 4.31 Å². The van der Waals surface area contributed by atoms with E-state index in [-0.39, 0.29) is 35.1 Å². The normalized spacial score (nSPS) is 17.4. The third kappa shape index (κ3) is 5.19. The molecule has 0 spiro atoms. The molecule has 2 fully saturated rings. The smallest absolute Gasteiger partial charge is 0.243 e. The summed E-state index contributed by atoms with van der Waals surface area (Å²) in [5, 5.41) is 2.89. The number of hydrogen-bond donors (Lipinski definition) is 1. The van der Waals surface area contributed by atoms with Gasteiger partial charge in [-0.15, -0.1) is 0 Å². The third-order valence-electron chi connectivity index (χ3n) is 6.18. The van der Waals surface area contributed by atoms with E-state index in [9.17, 15) is 18.0 Å². The number of benzene rings is 2. The van der Waals surface area contributed by atoms with E-state index >= 15 is 0 Å². The van der Waals surface area contributed by atoms with Crippen LogP contribution in [0, 0.1) is 11.8 Å². The van der Waals surface area contributed by atoms with Crippen molar-refractivity contribution < 1.29 is 18.0 Å². The molecule has 0 radical (unpaired) electrons. The Hall–Kier alpha value is -2.71. The first-order chi connectivity index (χ1) is 15.3. The average molecular weight is 456 g/mol. The lowest BCUT2D eigenvalue weighted by Gasteiger charge is -2.31. The summed E-state index contributed by atoms with van der Waals surface area (Å²) in [5.41, 5.74) is 1.48. The molecule has 0 aromatic heterocycles. The lowest BCUT2D eigenvalue weighted by molar-refractivity contribution is -0.135. The maximum Gasteiger partial charge on any atom is 0.243 e. The average Bonchev–Trinajstić information content (AvgIpc) is 3.65. The topological polar surface area (TPSA) is 86.8 Å². The number of anilines is 1. The molecule has 0 unspecified atom stereocenters. The molecule has 2 aromatic rings. The highest BCUT2D eigenvalue weighted by atomic mass is 32.2. The summed E-state index contributed by atoms with van der Waals surface area (Å²) >= 11 is 0. The van der Waals surface area contributed by atoms with Crippen molar-refractivity contribution in [3.8, 4) is 0 Å². The molecule has 4 rings (SSSR count). The molecule has 1 heterocycles. The quantitative estimate of drug-likeness (QED) is 0.695. The summed E-state index contributed by atoms with van der Waals surface area (Å²) in [6.07, 6.45) is 3.29. The van der Waals surface area contributed by atoms with Gasteiger partial charge in [-0.1, -0.05) is 30.3 Å². The number of likely N-dealkylation sites (tertiary alicyclic amines) is 1. The van der Waals surface area contributed by atoms with Crippen LogP contribution in [-0.4, -0.2) is 49.6 Å². The zero-order valence-electron chi connectivity index (χ0n) is 18.2. The number of sulfonamides is 1. The zero-order chi connectivity index (χ0) is 22.7. The fourth-order valence-corrected chi connectivity index (χ4v) is 5.17. The lowest BCUT2D eigenvalue weighted by atomic mass is 9.95. The molecule has 1 saturated carbocycles. The Morgan fingerprint density at radius 1 is 0.938 bits per heavy atom. The first-order valence-corrected chi connectivity index (χ1v) is 12.5. The van der Waals surface area contributed by atoms with Crippen molar-refractivity contribution in [1.29, 1.82) is 0 Å². The van der Waals surface area contributed by atoms with E-state index in [2.05, 4.69) is 5.32 Å². The molecule has 170 valence electrons. The molecule has 0 bridgehead atoms. The molecular weight excluding hydrogens is 426 g/mol. The van der Waals surface area contributed by atoms with Gasteiger partial charge in [0.2, 0.25) is 21.8 Å². The second kappa shape index (κ2) is 9.42. The van der Waals surface area contributed by atoms with E-state index in [0.29, 0.717) is 31.6 Å². The molecule has 7 nitrogen and oxygen atoms in total. The van der Waals surface area contributed by atoms with E-state index in [1.165, 1.54) is 16.4 Å². The number of nitrogens with zero attached hydrogens (tertiary/aromatic N) is 2. The van der Waals surface area contributed by atoms with Crippen LogP contribution in [0.5, 0.6) is 0 Å². The Balaban J connectivity index is 1.32. The van der Waals surface area contributed by atoms with Crippen LogP contribution in [0.25, 0.3) is 0 Å². The molecule has 2 aliphatic rings. The van der Waals surface area contributed by atoms with Gasteiger partial charge in [0.05, 0.1) is 4.90 Å². The second-order valence-electron chi connectivity index (χ2n) is 8.63. The van der Waals surface area contributed by atoms with Gasteiger partial charge in [0.25, 0.3) is 0 Å². The molecule has 8 heteroatoms. The number of nitrogens with one attached hydrogen (secondary N) is 1. The van der Waals surface area contributed by atoms with Crippen molar-refractivity contribution in [3.05, 3.63) is 60.2 Å². The Kier molecular flexibility index (Phi) is 6.62. The van der Waals surface area contributed by atoms with Gasteiger partial charge in [-0.25, -0.2) is 8.42 Å². The van der Waals surface area contributed by atoms with E-state index < -0.39 is 10.0 Å². The minimum atomic E-state index is -3.64. The van der Waals surface area contributed by atoms with Crippen LogP contribution in [0.3, 0.4) is 0 Å². The minimum Gasteiger partial charge on any atom is -0.342 e. The maximum absolute atomic E-state index is 12.9. The van der Waals surface area contributed by atoms with Crippen molar-refractivity contribution in [3.63, 3.8) is 0 Å². The number of piperidine rings is 1. The number of carbonyl (C=O) groups excluding carboxylic acids is 2. The van der Waals surface area contributed by atoms with Crippen LogP contribution >= 0.6 is 0 Å². The zero-order valence-corrected chi connectivity index (χ0v) is 19.1. The summed E-state index contributed by atoms with van der Waals surface area (Å²) in [6, 6.07) is 15.7. The molecule has 1 aliphatic heterocycles. The summed E-state index contributed by atoms with van der Waals surface area (Å²) in [5.74, 6) is 0.221. The predicted octanol–water partition coefficient (Wildman–Crippen LogP) is 3.09. The highest BCUT2D eigenvalue weighted by Gasteiger charge is 2.36. The molecule has 1 saturated heterocycles. The molecule has 0 atom stereocenters. The molecule has 32 heavy (non-hydrogen) atoms. The van der Waals surface area contributed by atoms with Crippen LogP contribution < -0.4 is 5.32 Å². The minimum absolute atomic E-state index is 0.0830. The number of carbonyl (C=O) groups is 2. The highest BCUT2D eigenvalue weighted by molar-refractivity contribution is 7.89. The Morgan fingerprint density at radius 2 is 1.56 bits per heavy atom. The van der Waals surface area contributed by atoms with Gasteiger partial charge in [0, 0.05) is 44.2 Å². The number of hydrogen-bond acceptors (Lipinski definition) is 4. The van der Waals surface area contributed by atoms with Gasteiger partial charge in [-0.05, 0) is 55.5 Å². The second-order valence-corrected chi connectivity index (χ2v) is 10.7. The third-order valence-corrected chi connectivity index (χ3v) is 8.00. The van der Waals surface area contributed by atoms with Crippen LogP contribution in [-0.2, 0) is 26.2 Å². The molecule has 1 aliphatic carbocycles. The summed E-state index contributed by atoms with van der Waals surface area (Å²) in [6.45, 7) is 1.53. The first-order valence-electron chi connectivity index (χ1n) is 11.0. The Bertz CT molecular complexity index is 1060. The molecular formula is C24H29N3O4S. The summed E-state index contributed by atoms with van der Waals surface area (Å²) in [4.78, 5) is 26.9. The largest absolute Gasteiger partial charge is 0.342 e. The Morgan fingerprint density at radius 3 is 2.16 bits per heavy atom. The molecule has 1 N–H and O–H groups in total. The van der Waals surface area contributed by atoms with Crippen molar-refractivity contribution in [1.82, 2.24) is 9.21 Å². The predicted molar refractivity (Wildman–Crippen MR) is 122 cm³/mol. The number of amides is 2. The Labute approximate surface area is 189 Å². The van der Waals surface area contributed by atoms with E-state index in [0.717, 1.165) is 18.4 Å². The SMILES string of the molecule is CN(Cc1ccccc1)S(=O)(=O)c1ccc(NC(=O)C2CCN(C(=O)C3CC3)CC2)cc1. The monoisotopic (exact) mass is 455 g/mol. The van der Waals surface area contributed by atoms with Gasteiger partial charge in [0.15, 0.2) is 0 Å². The number of rotatable bonds is 7. The van der Waals surface area contributed by atoms with Gasteiger partial charge >= 0.3 is 0 Å². The van der Waals surface area contributed by atoms with Crippen LogP contribution in [0.15, 0.2) is 59.5 Å². The van der Waals surface area contributed by atoms with Crippen LogP contribution in [0.4, 0.5) is 5.69 Å². The van der Waals surface area contributed by atoms with Gasteiger partial charge < -0.3 is 10.2 Å². The van der Waals surface area contributed by atoms with E-state index in [4.69, 9.17) is 0 Å². The lowest BCUT2D eigenvalue weighted by Crippen LogP contribution is -2.42. The molecule has 2 amide bonds. The highest BCUT2D eigenvalue weighted by Crippen LogP contribution is 2.32. The maximum atomic E-state index is 12.9. The van der Waals surface area contributed by atoms with Crippen molar-refractivity contribution >= 4 is 27.5 Å². The summed E-state index contributed by atoms with van der Waals surface area (Å²) in [7, 11) is -2.08. The standard InChI is InChI=1S/C24H29N3O4S/c1-26(17-18-5-3-2-4-6-18)32(30,31)22-11-9-21(10-12-22)25-23(28)19-13-15-27(16-14-19)24(29)20-7-8-20/h2-6,9-12,19-20H,7-8,13-17H2,1H3,(H,25,28). The fourth-order valence-electron chi connectivity index (χ4n) is 4.01. The van der Waals surface area contributed by atoms with Crippen molar-refractivity contribution in [2.24, 2.45) is 11.8 Å². The van der Waals surface area contributed by atoms with Gasteiger partial charge in [-0.3, -0.25) is 9.59 Å². The van der Waals surface area contributed by atoms with E-state index in [1.54, 1.807) is 19.2 Å². The fraction of sp³-hybridized carbons (Fsp3) is 0.417. The first kappa shape index (κ1) is 22.5. The van der Waals surface area contributed by atoms with Crippen LogP contribution in [0.1, 0.15) is 31.2 Å². The van der Waals surface area contributed by atoms with Crippen molar-refractivity contribution in [2.45, 2.75) is 37.1 Å². The summed E-state index contributed by atoms with van der Waals surface area (Å²) < 4.78 is 27.0.